The van der Waals surface area contributed by atoms with Gasteiger partial charge in [-0.2, -0.15) is 0 Å². The van der Waals surface area contributed by atoms with Gasteiger partial charge >= 0.3 is 5.97 Å². The molecular formula is C14H24O4. The molecule has 0 atom stereocenters. The lowest BCUT2D eigenvalue weighted by Gasteiger charge is -2.01. The summed E-state index contributed by atoms with van der Waals surface area (Å²) in [5, 5.41) is 0. The van der Waals surface area contributed by atoms with E-state index in [2.05, 4.69) is 11.7 Å². The second-order valence-corrected chi connectivity index (χ2v) is 4.50. The normalized spacial score (nSPS) is 10.1. The van der Waals surface area contributed by atoms with Crippen LogP contribution in [0.4, 0.5) is 0 Å². The minimum atomic E-state index is -0.928. The largest absolute Gasteiger partial charge is 0.463 e. The lowest BCUT2D eigenvalue weighted by molar-refractivity contribution is -0.152. The number of hydrogen-bond acceptors (Lipinski definition) is 4. The fourth-order valence-electron chi connectivity index (χ4n) is 1.73. The number of carbonyl (C=O) groups excluding carboxylic acids is 3. The molecular weight excluding hydrogens is 232 g/mol. The summed E-state index contributed by atoms with van der Waals surface area (Å²) < 4.78 is 4.25. The fraction of sp³-hybridized carbons (Fsp3) is 0.786. The van der Waals surface area contributed by atoms with E-state index in [0.29, 0.717) is 6.42 Å². The fourth-order valence-corrected chi connectivity index (χ4v) is 1.73. The molecule has 0 aromatic rings. The Morgan fingerprint density at radius 2 is 1.44 bits per heavy atom. The van der Waals surface area contributed by atoms with E-state index in [-0.39, 0.29) is 12.2 Å². The lowest BCUT2D eigenvalue weighted by Crippen LogP contribution is -2.19. The first-order valence-corrected chi connectivity index (χ1v) is 6.74. The molecule has 0 rings (SSSR count). The molecule has 0 bridgehead atoms. The number of rotatable bonds is 11. The van der Waals surface area contributed by atoms with Crippen LogP contribution in [0.3, 0.4) is 0 Å². The smallest absolute Gasteiger partial charge is 0.374 e. The first-order chi connectivity index (χ1) is 8.61. The Morgan fingerprint density at radius 3 is 2.00 bits per heavy atom. The van der Waals surface area contributed by atoms with Crippen molar-refractivity contribution in [2.45, 2.75) is 64.7 Å². The lowest BCUT2D eigenvalue weighted by atomic mass is 10.0. The van der Waals surface area contributed by atoms with E-state index < -0.39 is 11.8 Å². The number of ketones is 2. The summed E-state index contributed by atoms with van der Waals surface area (Å²) in [6.07, 6.45) is 7.99. The first-order valence-electron chi connectivity index (χ1n) is 6.74. The van der Waals surface area contributed by atoms with Crippen molar-refractivity contribution in [2.75, 3.05) is 7.11 Å². The molecule has 0 aromatic heterocycles. The summed E-state index contributed by atoms with van der Waals surface area (Å²) in [5.41, 5.74) is 0. The second-order valence-electron chi connectivity index (χ2n) is 4.50. The van der Waals surface area contributed by atoms with Gasteiger partial charge in [0.15, 0.2) is 0 Å². The summed E-state index contributed by atoms with van der Waals surface area (Å²) >= 11 is 0. The van der Waals surface area contributed by atoms with Crippen molar-refractivity contribution in [1.82, 2.24) is 0 Å². The van der Waals surface area contributed by atoms with Crippen molar-refractivity contribution in [2.24, 2.45) is 0 Å². The third-order valence-corrected chi connectivity index (χ3v) is 2.83. The van der Waals surface area contributed by atoms with Crippen LogP contribution in [0.25, 0.3) is 0 Å². The van der Waals surface area contributed by atoms with Gasteiger partial charge in [-0.1, -0.05) is 45.4 Å². The maximum atomic E-state index is 11.4. The Bertz CT molecular complexity index is 271. The molecule has 0 radical (unpaired) electrons. The van der Waals surface area contributed by atoms with Crippen LogP contribution in [0.15, 0.2) is 0 Å². The molecule has 104 valence electrons. The Hall–Kier alpha value is -1.19. The number of methoxy groups -OCH3 is 1. The second kappa shape index (κ2) is 10.9. The van der Waals surface area contributed by atoms with Gasteiger partial charge in [-0.15, -0.1) is 0 Å². The molecule has 0 aromatic carbocycles. The van der Waals surface area contributed by atoms with Gasteiger partial charge in [-0.25, -0.2) is 4.79 Å². The van der Waals surface area contributed by atoms with Gasteiger partial charge in [0.25, 0.3) is 0 Å². The summed E-state index contributed by atoms with van der Waals surface area (Å²) in [4.78, 5) is 33.3. The van der Waals surface area contributed by atoms with Crippen molar-refractivity contribution in [3.05, 3.63) is 0 Å². The third-order valence-electron chi connectivity index (χ3n) is 2.83. The van der Waals surface area contributed by atoms with Crippen molar-refractivity contribution < 1.29 is 19.1 Å². The zero-order valence-electron chi connectivity index (χ0n) is 11.5. The molecule has 0 saturated heterocycles. The zero-order chi connectivity index (χ0) is 13.8. The first kappa shape index (κ1) is 16.8. The average Bonchev–Trinajstić information content (AvgIpc) is 2.36. The molecule has 0 unspecified atom stereocenters. The molecule has 4 heteroatoms. The van der Waals surface area contributed by atoms with E-state index in [1.54, 1.807) is 0 Å². The highest BCUT2D eigenvalue weighted by Gasteiger charge is 2.17. The Morgan fingerprint density at radius 1 is 0.889 bits per heavy atom. The maximum Gasteiger partial charge on any atom is 0.374 e. The van der Waals surface area contributed by atoms with Gasteiger partial charge < -0.3 is 4.74 Å². The summed E-state index contributed by atoms with van der Waals surface area (Å²) in [6.45, 7) is 2.18. The zero-order valence-corrected chi connectivity index (χ0v) is 11.5. The van der Waals surface area contributed by atoms with Crippen LogP contribution in [-0.4, -0.2) is 24.6 Å². The molecule has 0 fully saturated rings. The van der Waals surface area contributed by atoms with E-state index in [9.17, 15) is 14.4 Å². The third kappa shape index (κ3) is 8.90. The van der Waals surface area contributed by atoms with Gasteiger partial charge in [0.2, 0.25) is 5.78 Å². The quantitative estimate of drug-likeness (QED) is 0.247. The van der Waals surface area contributed by atoms with Crippen molar-refractivity contribution >= 4 is 17.5 Å². The highest BCUT2D eigenvalue weighted by Crippen LogP contribution is 2.09. The number of Topliss-reactive ketones (excluding diaryl/α,β-unsaturated/α-hetero) is 2. The Kier molecular flexibility index (Phi) is 10.2. The van der Waals surface area contributed by atoms with Crippen LogP contribution >= 0.6 is 0 Å². The van der Waals surface area contributed by atoms with Crippen molar-refractivity contribution in [3.63, 3.8) is 0 Å². The maximum absolute atomic E-state index is 11.4. The summed E-state index contributed by atoms with van der Waals surface area (Å²) in [7, 11) is 1.14. The highest BCUT2D eigenvalue weighted by atomic mass is 16.5. The van der Waals surface area contributed by atoms with Crippen LogP contribution < -0.4 is 0 Å². The van der Waals surface area contributed by atoms with E-state index in [1.165, 1.54) is 25.7 Å². The molecule has 0 saturated carbocycles. The molecule has 0 N–H and O–H groups in total. The van der Waals surface area contributed by atoms with Gasteiger partial charge in [0.05, 0.1) is 13.5 Å². The van der Waals surface area contributed by atoms with Gasteiger partial charge in [0.1, 0.15) is 5.78 Å². The van der Waals surface area contributed by atoms with Crippen LogP contribution in [0.2, 0.25) is 0 Å². The standard InChI is InChI=1S/C14H24O4/c1-3-4-5-6-7-8-9-10-12(15)11-13(16)14(17)18-2/h3-11H2,1-2H3. The minimum Gasteiger partial charge on any atom is -0.463 e. The average molecular weight is 256 g/mol. The predicted molar refractivity (Wildman–Crippen MR) is 69.3 cm³/mol. The number of carbonyl (C=O) groups is 3. The number of esters is 1. The van der Waals surface area contributed by atoms with Gasteiger partial charge in [-0.3, -0.25) is 9.59 Å². The molecule has 4 nitrogen and oxygen atoms in total. The van der Waals surface area contributed by atoms with E-state index in [4.69, 9.17) is 0 Å². The molecule has 0 heterocycles. The van der Waals surface area contributed by atoms with Gasteiger partial charge in [-0.05, 0) is 6.42 Å². The highest BCUT2D eigenvalue weighted by molar-refractivity contribution is 6.37. The molecule has 0 spiro atoms. The van der Waals surface area contributed by atoms with E-state index in [0.717, 1.165) is 26.4 Å². The van der Waals surface area contributed by atoms with Gasteiger partial charge in [0, 0.05) is 6.42 Å². The number of hydrogen-bond donors (Lipinski definition) is 0. The molecule has 0 aliphatic heterocycles. The number of ether oxygens (including phenoxy) is 1. The van der Waals surface area contributed by atoms with Crippen LogP contribution in [-0.2, 0) is 19.1 Å². The summed E-state index contributed by atoms with van der Waals surface area (Å²) in [6, 6.07) is 0. The molecule has 0 aliphatic carbocycles. The topological polar surface area (TPSA) is 60.4 Å². The Labute approximate surface area is 109 Å². The summed E-state index contributed by atoms with van der Waals surface area (Å²) in [5.74, 6) is -1.84. The van der Waals surface area contributed by atoms with Crippen LogP contribution in [0.1, 0.15) is 64.7 Å². The monoisotopic (exact) mass is 256 g/mol. The van der Waals surface area contributed by atoms with Crippen LogP contribution in [0, 0.1) is 0 Å². The molecule has 0 amide bonds. The SMILES string of the molecule is CCCCCCCCCC(=O)CC(=O)C(=O)OC. The minimum absolute atomic E-state index is 0.168. The molecule has 18 heavy (non-hydrogen) atoms. The number of unbranched alkanes of at least 4 members (excludes halogenated alkanes) is 6. The van der Waals surface area contributed by atoms with E-state index >= 15 is 0 Å². The van der Waals surface area contributed by atoms with Crippen molar-refractivity contribution in [1.29, 1.82) is 0 Å². The van der Waals surface area contributed by atoms with E-state index in [1.807, 2.05) is 0 Å². The Balaban J connectivity index is 3.48. The van der Waals surface area contributed by atoms with Crippen LogP contribution in [0.5, 0.6) is 0 Å². The van der Waals surface area contributed by atoms with Crippen molar-refractivity contribution in [3.8, 4) is 0 Å². The molecule has 0 aliphatic rings. The predicted octanol–water partition coefficient (Wildman–Crippen LogP) is 2.83.